The Morgan fingerprint density at radius 2 is 2.00 bits per heavy atom. The highest BCUT2D eigenvalue weighted by Gasteiger charge is 2.32. The summed E-state index contributed by atoms with van der Waals surface area (Å²) < 4.78 is 5.11. The third-order valence-electron chi connectivity index (χ3n) is 4.14. The van der Waals surface area contributed by atoms with E-state index < -0.39 is 0 Å². The molecule has 94 valence electrons. The highest BCUT2D eigenvalue weighted by Crippen LogP contribution is 2.36. The van der Waals surface area contributed by atoms with Crippen LogP contribution in [0.15, 0.2) is 0 Å². The second kappa shape index (κ2) is 5.99. The number of piperidine rings is 1. The molecule has 2 aliphatic rings. The van der Waals surface area contributed by atoms with Crippen molar-refractivity contribution in [3.8, 4) is 0 Å². The minimum atomic E-state index is 0.770. The molecule has 1 saturated heterocycles. The van der Waals surface area contributed by atoms with Crippen LogP contribution in [-0.2, 0) is 4.74 Å². The quantitative estimate of drug-likeness (QED) is 0.740. The topological polar surface area (TPSA) is 24.5 Å². The van der Waals surface area contributed by atoms with E-state index in [-0.39, 0.29) is 0 Å². The van der Waals surface area contributed by atoms with Crippen molar-refractivity contribution in [2.45, 2.75) is 32.2 Å². The van der Waals surface area contributed by atoms with Crippen molar-refractivity contribution in [2.24, 2.45) is 11.8 Å². The van der Waals surface area contributed by atoms with Gasteiger partial charge < -0.3 is 15.0 Å². The molecule has 16 heavy (non-hydrogen) atoms. The summed E-state index contributed by atoms with van der Waals surface area (Å²) in [4.78, 5) is 2.52. The minimum Gasteiger partial charge on any atom is -0.383 e. The summed E-state index contributed by atoms with van der Waals surface area (Å²) in [7, 11) is 1.78. The van der Waals surface area contributed by atoms with Crippen LogP contribution >= 0.6 is 0 Å². The van der Waals surface area contributed by atoms with Crippen LogP contribution in [0.25, 0.3) is 0 Å². The standard InChI is InChI=1S/C13H26N2O/c1-11-9-12(11)10-14-13-3-5-15(6-4-13)7-8-16-2/h11-14H,3-10H2,1-2H3. The molecule has 3 heteroatoms. The molecule has 0 aromatic heterocycles. The third-order valence-corrected chi connectivity index (χ3v) is 4.14. The number of nitrogens with zero attached hydrogens (tertiary/aromatic N) is 1. The first-order valence-corrected chi connectivity index (χ1v) is 6.74. The molecule has 0 spiro atoms. The summed E-state index contributed by atoms with van der Waals surface area (Å²) >= 11 is 0. The van der Waals surface area contributed by atoms with Gasteiger partial charge in [-0.1, -0.05) is 6.92 Å². The molecule has 2 atom stereocenters. The van der Waals surface area contributed by atoms with Gasteiger partial charge in [-0.05, 0) is 50.7 Å². The fourth-order valence-corrected chi connectivity index (χ4v) is 2.58. The lowest BCUT2D eigenvalue weighted by Crippen LogP contribution is -2.44. The Bertz CT molecular complexity index is 202. The molecule has 1 N–H and O–H groups in total. The van der Waals surface area contributed by atoms with Gasteiger partial charge in [-0.3, -0.25) is 0 Å². The van der Waals surface area contributed by atoms with Gasteiger partial charge in [-0.15, -0.1) is 0 Å². The first kappa shape index (κ1) is 12.3. The van der Waals surface area contributed by atoms with Crippen LogP contribution in [0, 0.1) is 11.8 Å². The Hall–Kier alpha value is -0.120. The first-order valence-electron chi connectivity index (χ1n) is 6.74. The van der Waals surface area contributed by atoms with E-state index in [4.69, 9.17) is 4.74 Å². The molecule has 1 heterocycles. The molecule has 0 aromatic carbocycles. The molecule has 0 radical (unpaired) electrons. The SMILES string of the molecule is COCCN1CCC(NCC2CC2C)CC1. The average Bonchev–Trinajstić information content (AvgIpc) is 3.01. The Morgan fingerprint density at radius 3 is 2.56 bits per heavy atom. The van der Waals surface area contributed by atoms with Crippen molar-refractivity contribution in [1.82, 2.24) is 10.2 Å². The van der Waals surface area contributed by atoms with Crippen LogP contribution in [0.3, 0.4) is 0 Å². The van der Waals surface area contributed by atoms with Gasteiger partial charge in [-0.25, -0.2) is 0 Å². The second-order valence-electron chi connectivity index (χ2n) is 5.49. The van der Waals surface area contributed by atoms with Crippen LogP contribution < -0.4 is 5.32 Å². The third kappa shape index (κ3) is 3.72. The number of hydrogen-bond acceptors (Lipinski definition) is 3. The summed E-state index contributed by atoms with van der Waals surface area (Å²) in [5.74, 6) is 1.96. The Labute approximate surface area is 99.5 Å². The molecule has 2 unspecified atom stereocenters. The van der Waals surface area contributed by atoms with Crippen molar-refractivity contribution in [3.63, 3.8) is 0 Å². The molecule has 3 nitrogen and oxygen atoms in total. The number of ether oxygens (including phenoxy) is 1. The van der Waals surface area contributed by atoms with Gasteiger partial charge in [0.2, 0.25) is 0 Å². The minimum absolute atomic E-state index is 0.770. The van der Waals surface area contributed by atoms with Crippen LogP contribution in [0.2, 0.25) is 0 Å². The number of nitrogens with one attached hydrogen (secondary N) is 1. The molecule has 1 aliphatic carbocycles. The van der Waals surface area contributed by atoms with Gasteiger partial charge in [0.15, 0.2) is 0 Å². The summed E-state index contributed by atoms with van der Waals surface area (Å²) in [6.07, 6.45) is 4.06. The predicted octanol–water partition coefficient (Wildman–Crippen LogP) is 1.34. The number of rotatable bonds is 6. The fourth-order valence-electron chi connectivity index (χ4n) is 2.58. The van der Waals surface area contributed by atoms with Gasteiger partial charge in [0, 0.05) is 19.7 Å². The van der Waals surface area contributed by atoms with E-state index in [1.54, 1.807) is 7.11 Å². The van der Waals surface area contributed by atoms with E-state index in [0.717, 1.165) is 31.0 Å². The van der Waals surface area contributed by atoms with Crippen LogP contribution in [0.4, 0.5) is 0 Å². The Morgan fingerprint density at radius 1 is 1.31 bits per heavy atom. The van der Waals surface area contributed by atoms with Crippen molar-refractivity contribution in [3.05, 3.63) is 0 Å². The number of likely N-dealkylation sites (tertiary alicyclic amines) is 1. The summed E-state index contributed by atoms with van der Waals surface area (Å²) in [5.41, 5.74) is 0. The van der Waals surface area contributed by atoms with Crippen molar-refractivity contribution in [2.75, 3.05) is 39.9 Å². The maximum atomic E-state index is 5.11. The van der Waals surface area contributed by atoms with E-state index in [9.17, 15) is 0 Å². The molecule has 2 fully saturated rings. The number of hydrogen-bond donors (Lipinski definition) is 1. The zero-order chi connectivity index (χ0) is 11.4. The molecule has 0 bridgehead atoms. The highest BCUT2D eigenvalue weighted by atomic mass is 16.5. The van der Waals surface area contributed by atoms with Gasteiger partial charge in [0.05, 0.1) is 6.61 Å². The first-order chi connectivity index (χ1) is 7.79. The average molecular weight is 226 g/mol. The molecule has 2 rings (SSSR count). The van der Waals surface area contributed by atoms with E-state index >= 15 is 0 Å². The van der Waals surface area contributed by atoms with E-state index in [2.05, 4.69) is 17.1 Å². The van der Waals surface area contributed by atoms with Crippen molar-refractivity contribution < 1.29 is 4.74 Å². The molecular weight excluding hydrogens is 200 g/mol. The van der Waals surface area contributed by atoms with Crippen molar-refractivity contribution in [1.29, 1.82) is 0 Å². The van der Waals surface area contributed by atoms with Gasteiger partial charge in [-0.2, -0.15) is 0 Å². The van der Waals surface area contributed by atoms with Crippen LogP contribution in [0.5, 0.6) is 0 Å². The lowest BCUT2D eigenvalue weighted by molar-refractivity contribution is 0.126. The molecule has 0 aromatic rings. The maximum absolute atomic E-state index is 5.11. The summed E-state index contributed by atoms with van der Waals surface area (Å²) in [5, 5.41) is 3.73. The summed E-state index contributed by atoms with van der Waals surface area (Å²) in [6, 6.07) is 0.770. The zero-order valence-electron chi connectivity index (χ0n) is 10.7. The fraction of sp³-hybridized carbons (Fsp3) is 1.00. The molecular formula is C13H26N2O. The van der Waals surface area contributed by atoms with E-state index in [1.807, 2.05) is 0 Å². The van der Waals surface area contributed by atoms with Gasteiger partial charge >= 0.3 is 0 Å². The maximum Gasteiger partial charge on any atom is 0.0589 e. The lowest BCUT2D eigenvalue weighted by atomic mass is 10.0. The second-order valence-corrected chi connectivity index (χ2v) is 5.49. The lowest BCUT2D eigenvalue weighted by Gasteiger charge is -2.32. The molecule has 1 aliphatic heterocycles. The van der Waals surface area contributed by atoms with Crippen LogP contribution in [0.1, 0.15) is 26.2 Å². The van der Waals surface area contributed by atoms with E-state index in [0.29, 0.717) is 0 Å². The van der Waals surface area contributed by atoms with E-state index in [1.165, 1.54) is 38.9 Å². The van der Waals surface area contributed by atoms with Gasteiger partial charge in [0.25, 0.3) is 0 Å². The monoisotopic (exact) mass is 226 g/mol. The molecule has 1 saturated carbocycles. The largest absolute Gasteiger partial charge is 0.383 e. The normalized spacial score (nSPS) is 31.9. The van der Waals surface area contributed by atoms with Crippen LogP contribution in [-0.4, -0.2) is 50.8 Å². The predicted molar refractivity (Wildman–Crippen MR) is 66.6 cm³/mol. The smallest absolute Gasteiger partial charge is 0.0589 e. The Kier molecular flexibility index (Phi) is 4.62. The number of methoxy groups -OCH3 is 1. The van der Waals surface area contributed by atoms with Gasteiger partial charge in [0.1, 0.15) is 0 Å². The molecule has 0 amide bonds. The highest BCUT2D eigenvalue weighted by molar-refractivity contribution is 4.86. The summed E-state index contributed by atoms with van der Waals surface area (Å²) in [6.45, 7) is 8.06. The Balaban J connectivity index is 1.54. The zero-order valence-corrected chi connectivity index (χ0v) is 10.7. The van der Waals surface area contributed by atoms with Crippen molar-refractivity contribution >= 4 is 0 Å².